The van der Waals surface area contributed by atoms with Crippen molar-refractivity contribution >= 4 is 66.4 Å². The maximum atomic E-state index is 5.00. The third-order valence-electron chi connectivity index (χ3n) is 11.8. The summed E-state index contributed by atoms with van der Waals surface area (Å²) in [6.07, 6.45) is 6.02. The van der Waals surface area contributed by atoms with Crippen LogP contribution in [0.15, 0.2) is 219 Å². The Labute approximate surface area is 376 Å². The minimum Gasteiger partial charge on any atom is -0.309 e. The van der Waals surface area contributed by atoms with Crippen LogP contribution in [0.25, 0.3) is 88.9 Å². The van der Waals surface area contributed by atoms with Crippen LogP contribution in [0.1, 0.15) is 10.4 Å². The number of para-hydroxylation sites is 3. The monoisotopic (exact) mass is 839 g/mol. The summed E-state index contributed by atoms with van der Waals surface area (Å²) in [6, 6.07) is 70.4. The molecule has 0 amide bonds. The van der Waals surface area contributed by atoms with Gasteiger partial charge in [-0.15, -0.1) is 11.3 Å². The van der Waals surface area contributed by atoms with Gasteiger partial charge in [0.15, 0.2) is 17.5 Å². The van der Waals surface area contributed by atoms with E-state index in [0.717, 1.165) is 61.6 Å². The van der Waals surface area contributed by atoms with Crippen molar-refractivity contribution in [1.82, 2.24) is 19.5 Å². The van der Waals surface area contributed by atoms with Gasteiger partial charge in [-0.2, -0.15) is 0 Å². The lowest BCUT2D eigenvalue weighted by Gasteiger charge is -2.26. The van der Waals surface area contributed by atoms with Crippen LogP contribution in [0, 0.1) is 6.92 Å². The van der Waals surface area contributed by atoms with Gasteiger partial charge in [0.1, 0.15) is 0 Å². The van der Waals surface area contributed by atoms with E-state index in [4.69, 9.17) is 15.0 Å². The highest BCUT2D eigenvalue weighted by molar-refractivity contribution is 7.20. The molecule has 0 N–H and O–H groups in total. The minimum absolute atomic E-state index is 0.627. The van der Waals surface area contributed by atoms with Gasteiger partial charge in [-0.1, -0.05) is 164 Å². The molecule has 64 heavy (non-hydrogen) atoms. The van der Waals surface area contributed by atoms with Crippen LogP contribution < -0.4 is 4.90 Å². The quantitative estimate of drug-likeness (QED) is 0.129. The fraction of sp³-hybridized carbons (Fsp3) is 0.0172. The molecule has 8 aromatic carbocycles. The average molecular weight is 840 g/mol. The highest BCUT2D eigenvalue weighted by Gasteiger charge is 2.21. The molecule has 6 heteroatoms. The zero-order valence-corrected chi connectivity index (χ0v) is 36.0. The van der Waals surface area contributed by atoms with Crippen molar-refractivity contribution in [2.45, 2.75) is 6.92 Å². The Morgan fingerprint density at radius 1 is 0.500 bits per heavy atom. The molecule has 0 radical (unpaired) electrons. The zero-order valence-electron chi connectivity index (χ0n) is 35.1. The number of aromatic nitrogens is 4. The van der Waals surface area contributed by atoms with E-state index in [9.17, 15) is 0 Å². The van der Waals surface area contributed by atoms with E-state index in [1.165, 1.54) is 31.3 Å². The second-order valence-corrected chi connectivity index (χ2v) is 16.9. The van der Waals surface area contributed by atoms with Gasteiger partial charge in [0, 0.05) is 60.4 Å². The first-order chi connectivity index (χ1) is 31.6. The van der Waals surface area contributed by atoms with Gasteiger partial charge in [-0.3, -0.25) is 0 Å². The number of rotatable bonds is 10. The van der Waals surface area contributed by atoms with E-state index in [-0.39, 0.29) is 0 Å². The van der Waals surface area contributed by atoms with Gasteiger partial charge in [0.25, 0.3) is 0 Å². The van der Waals surface area contributed by atoms with E-state index in [1.54, 1.807) is 0 Å². The summed E-state index contributed by atoms with van der Waals surface area (Å²) < 4.78 is 3.64. The van der Waals surface area contributed by atoms with Crippen LogP contribution in [-0.2, 0) is 0 Å². The molecule has 0 aliphatic carbocycles. The molecule has 0 saturated heterocycles. The maximum absolute atomic E-state index is 5.00. The largest absolute Gasteiger partial charge is 0.309 e. The van der Waals surface area contributed by atoms with Gasteiger partial charge < -0.3 is 9.47 Å². The predicted molar refractivity (Wildman–Crippen MR) is 270 cm³/mol. The Morgan fingerprint density at radius 2 is 1.03 bits per heavy atom. The number of aryl methyl sites for hydroxylation is 1. The van der Waals surface area contributed by atoms with Gasteiger partial charge in [-0.25, -0.2) is 15.0 Å². The summed E-state index contributed by atoms with van der Waals surface area (Å²) in [5.74, 6) is 1.91. The van der Waals surface area contributed by atoms with Crippen LogP contribution in [0.3, 0.4) is 0 Å². The molecule has 0 fully saturated rings. The molecule has 304 valence electrons. The number of nitrogens with zero attached hydrogens (tertiary/aromatic N) is 5. The molecular weight excluding hydrogens is 799 g/mol. The lowest BCUT2D eigenvalue weighted by Crippen LogP contribution is -2.09. The molecule has 3 heterocycles. The Hall–Kier alpha value is -8.19. The normalized spacial score (nSPS) is 11.5. The van der Waals surface area contributed by atoms with Crippen molar-refractivity contribution in [2.24, 2.45) is 0 Å². The molecule has 0 bridgehead atoms. The second-order valence-electron chi connectivity index (χ2n) is 15.7. The number of thiophene rings is 1. The summed E-state index contributed by atoms with van der Waals surface area (Å²) in [5.41, 5.74) is 13.0. The van der Waals surface area contributed by atoms with Crippen LogP contribution in [0.5, 0.6) is 0 Å². The second kappa shape index (κ2) is 16.6. The molecule has 0 atom stereocenters. The maximum Gasteiger partial charge on any atom is 0.164 e. The standard InChI is InChI=1S/C58H41N5S/c1-3-4-24-47-39(2)64-55-51(47)28-17-30-53(55)62(44-22-12-7-13-23-44)45-35-31-40(32-36-45)48-26-16-27-50-49-25-14-15-29-52(49)63(54(48)50)46-37-33-43(34-38-46)58-60-56(41-18-8-5-9-19-41)59-57(61-58)42-20-10-6-11-21-42/h3-38H,1H2,2H3/b24-4-. The number of anilines is 3. The van der Waals surface area contributed by atoms with Crippen molar-refractivity contribution < 1.29 is 0 Å². The number of hydrogen-bond donors (Lipinski definition) is 0. The molecule has 11 aromatic rings. The van der Waals surface area contributed by atoms with Crippen molar-refractivity contribution in [2.75, 3.05) is 4.90 Å². The number of allylic oxidation sites excluding steroid dienone is 2. The Kier molecular flexibility index (Phi) is 10.0. The summed E-state index contributed by atoms with van der Waals surface area (Å²) in [7, 11) is 0. The first kappa shape index (κ1) is 38.7. The first-order valence-electron chi connectivity index (χ1n) is 21.4. The molecule has 11 rings (SSSR count). The van der Waals surface area contributed by atoms with Crippen molar-refractivity contribution in [3.63, 3.8) is 0 Å². The minimum atomic E-state index is 0.627. The molecule has 3 aromatic heterocycles. The molecule has 0 saturated carbocycles. The summed E-state index contributed by atoms with van der Waals surface area (Å²) in [4.78, 5) is 18.5. The lowest BCUT2D eigenvalue weighted by molar-refractivity contribution is 1.07. The van der Waals surface area contributed by atoms with Crippen molar-refractivity contribution in [3.8, 4) is 51.0 Å². The molecule has 0 aliphatic rings. The van der Waals surface area contributed by atoms with Crippen molar-refractivity contribution in [1.29, 1.82) is 0 Å². The molecular formula is C58H41N5S. The van der Waals surface area contributed by atoms with Crippen LogP contribution in [0.2, 0.25) is 0 Å². The molecule has 5 nitrogen and oxygen atoms in total. The average Bonchev–Trinajstić information content (AvgIpc) is 3.88. The highest BCUT2D eigenvalue weighted by atomic mass is 32.1. The van der Waals surface area contributed by atoms with E-state index in [1.807, 2.05) is 84.2 Å². The van der Waals surface area contributed by atoms with Gasteiger partial charge in [-0.05, 0) is 78.7 Å². The van der Waals surface area contributed by atoms with Crippen LogP contribution in [0.4, 0.5) is 17.1 Å². The van der Waals surface area contributed by atoms with E-state index in [0.29, 0.717) is 17.5 Å². The summed E-state index contributed by atoms with van der Waals surface area (Å²) >= 11 is 1.84. The first-order valence-corrected chi connectivity index (χ1v) is 22.2. The van der Waals surface area contributed by atoms with E-state index < -0.39 is 0 Å². The molecule has 0 aliphatic heterocycles. The Bertz CT molecular complexity index is 3440. The Balaban J connectivity index is 1.02. The third kappa shape index (κ3) is 6.96. The lowest BCUT2D eigenvalue weighted by atomic mass is 10.0. The summed E-state index contributed by atoms with van der Waals surface area (Å²) in [5, 5.41) is 3.64. The molecule has 0 spiro atoms. The van der Waals surface area contributed by atoms with Crippen LogP contribution >= 0.6 is 11.3 Å². The number of fused-ring (bicyclic) bond motifs is 4. The highest BCUT2D eigenvalue weighted by Crippen LogP contribution is 2.45. The van der Waals surface area contributed by atoms with Crippen LogP contribution in [-0.4, -0.2) is 19.5 Å². The third-order valence-corrected chi connectivity index (χ3v) is 12.9. The SMILES string of the molecule is C=C/C=C\c1c(C)sc2c(N(c3ccccc3)c3ccc(-c4cccc5c6ccccc6n(-c6ccc(-c7nc(-c8ccccc8)nc(-c8ccccc8)n7)cc6)c45)cc3)cccc12. The van der Waals surface area contributed by atoms with Gasteiger partial charge in [0.2, 0.25) is 0 Å². The number of hydrogen-bond acceptors (Lipinski definition) is 5. The van der Waals surface area contributed by atoms with Crippen molar-refractivity contribution in [3.05, 3.63) is 229 Å². The van der Waals surface area contributed by atoms with Gasteiger partial charge >= 0.3 is 0 Å². The van der Waals surface area contributed by atoms with Gasteiger partial charge in [0.05, 0.1) is 21.4 Å². The Morgan fingerprint density at radius 3 is 1.69 bits per heavy atom. The fourth-order valence-corrected chi connectivity index (χ4v) is 9.95. The van der Waals surface area contributed by atoms with E-state index in [2.05, 4.69) is 169 Å². The summed E-state index contributed by atoms with van der Waals surface area (Å²) in [6.45, 7) is 6.11. The zero-order chi connectivity index (χ0) is 43.0. The van der Waals surface area contributed by atoms with E-state index >= 15 is 0 Å². The fourth-order valence-electron chi connectivity index (χ4n) is 8.80. The predicted octanol–water partition coefficient (Wildman–Crippen LogP) is 15.8. The topological polar surface area (TPSA) is 46.8 Å². The smallest absolute Gasteiger partial charge is 0.164 e. The number of benzene rings is 8. The molecule has 0 unspecified atom stereocenters.